The van der Waals surface area contributed by atoms with E-state index >= 15 is 0 Å². The molecule has 1 aliphatic rings. The van der Waals surface area contributed by atoms with E-state index in [2.05, 4.69) is 26.8 Å². The number of nitriles is 1. The molecular weight excluding hydrogens is 260 g/mol. The standard InChI is InChI=1S/C18H32N2O/c1-4-5-7-16-8-10-17(11-9-16)18(21)20(13-6-12-19)14-15(2)3/h15-17H,4-11,13-14H2,1-3H3. The van der Waals surface area contributed by atoms with Gasteiger partial charge < -0.3 is 4.90 Å². The minimum absolute atomic E-state index is 0.209. The second-order valence-electron chi connectivity index (χ2n) is 6.95. The zero-order valence-electron chi connectivity index (χ0n) is 14.1. The van der Waals surface area contributed by atoms with Crippen LogP contribution in [0.25, 0.3) is 0 Å². The Labute approximate surface area is 130 Å². The number of amides is 1. The van der Waals surface area contributed by atoms with E-state index in [9.17, 15) is 4.79 Å². The van der Waals surface area contributed by atoms with Crippen LogP contribution in [0.2, 0.25) is 0 Å². The highest BCUT2D eigenvalue weighted by Gasteiger charge is 2.29. The predicted molar refractivity (Wildman–Crippen MR) is 86.6 cm³/mol. The van der Waals surface area contributed by atoms with Crippen LogP contribution in [0.1, 0.15) is 72.1 Å². The van der Waals surface area contributed by atoms with Crippen LogP contribution in [0.3, 0.4) is 0 Å². The summed E-state index contributed by atoms with van der Waals surface area (Å²) < 4.78 is 0. The molecule has 0 heterocycles. The Morgan fingerprint density at radius 3 is 2.48 bits per heavy atom. The van der Waals surface area contributed by atoms with Crippen molar-refractivity contribution in [2.45, 2.75) is 72.1 Å². The molecule has 0 saturated heterocycles. The maximum absolute atomic E-state index is 12.7. The molecule has 0 atom stereocenters. The summed E-state index contributed by atoms with van der Waals surface area (Å²) in [6.45, 7) is 7.90. The van der Waals surface area contributed by atoms with E-state index in [0.29, 0.717) is 24.8 Å². The second kappa shape index (κ2) is 9.82. The summed E-state index contributed by atoms with van der Waals surface area (Å²) in [5, 5.41) is 8.77. The van der Waals surface area contributed by atoms with Gasteiger partial charge >= 0.3 is 0 Å². The zero-order valence-corrected chi connectivity index (χ0v) is 14.1. The molecule has 1 aliphatic carbocycles. The lowest BCUT2D eigenvalue weighted by Crippen LogP contribution is -2.40. The molecule has 0 aromatic rings. The fourth-order valence-electron chi connectivity index (χ4n) is 3.37. The molecule has 1 amide bonds. The van der Waals surface area contributed by atoms with Crippen LogP contribution >= 0.6 is 0 Å². The van der Waals surface area contributed by atoms with E-state index in [1.54, 1.807) is 0 Å². The van der Waals surface area contributed by atoms with Gasteiger partial charge in [-0.1, -0.05) is 40.0 Å². The van der Waals surface area contributed by atoms with Crippen molar-refractivity contribution in [3.05, 3.63) is 0 Å². The van der Waals surface area contributed by atoms with Gasteiger partial charge in [-0.3, -0.25) is 4.79 Å². The van der Waals surface area contributed by atoms with E-state index in [1.165, 1.54) is 32.1 Å². The van der Waals surface area contributed by atoms with Crippen molar-refractivity contribution in [1.82, 2.24) is 4.90 Å². The summed E-state index contributed by atoms with van der Waals surface area (Å²) in [5.74, 6) is 1.81. The first-order chi connectivity index (χ1) is 10.1. The van der Waals surface area contributed by atoms with Gasteiger partial charge in [0, 0.05) is 19.0 Å². The van der Waals surface area contributed by atoms with Crippen molar-refractivity contribution in [3.63, 3.8) is 0 Å². The molecule has 120 valence electrons. The lowest BCUT2D eigenvalue weighted by Gasteiger charge is -2.32. The van der Waals surface area contributed by atoms with E-state index in [1.807, 2.05) is 4.90 Å². The van der Waals surface area contributed by atoms with Gasteiger partial charge in [-0.2, -0.15) is 5.26 Å². The van der Waals surface area contributed by atoms with Crippen LogP contribution in [0, 0.1) is 29.1 Å². The summed E-state index contributed by atoms with van der Waals surface area (Å²) >= 11 is 0. The molecule has 1 saturated carbocycles. The van der Waals surface area contributed by atoms with Gasteiger partial charge in [0.1, 0.15) is 0 Å². The number of carbonyl (C=O) groups is 1. The molecule has 0 aliphatic heterocycles. The third-order valence-electron chi connectivity index (χ3n) is 4.55. The van der Waals surface area contributed by atoms with Crippen molar-refractivity contribution < 1.29 is 4.79 Å². The summed E-state index contributed by atoms with van der Waals surface area (Å²) in [6.07, 6.45) is 8.91. The minimum Gasteiger partial charge on any atom is -0.341 e. The molecule has 3 nitrogen and oxygen atoms in total. The van der Waals surface area contributed by atoms with Crippen LogP contribution in [0.4, 0.5) is 0 Å². The van der Waals surface area contributed by atoms with Crippen molar-refractivity contribution in [2.24, 2.45) is 17.8 Å². The van der Waals surface area contributed by atoms with Gasteiger partial charge in [-0.15, -0.1) is 0 Å². The predicted octanol–water partition coefficient (Wildman–Crippen LogP) is 4.38. The van der Waals surface area contributed by atoms with Gasteiger partial charge in [-0.25, -0.2) is 0 Å². The molecule has 0 aromatic heterocycles. The molecule has 0 N–H and O–H groups in total. The summed E-state index contributed by atoms with van der Waals surface area (Å²) in [6, 6.07) is 2.17. The van der Waals surface area contributed by atoms with Crippen LogP contribution in [-0.4, -0.2) is 23.9 Å². The molecule has 0 spiro atoms. The molecule has 0 unspecified atom stereocenters. The Morgan fingerprint density at radius 1 is 1.29 bits per heavy atom. The van der Waals surface area contributed by atoms with Crippen LogP contribution in [0.15, 0.2) is 0 Å². The first-order valence-electron chi connectivity index (χ1n) is 8.74. The summed E-state index contributed by atoms with van der Waals surface area (Å²) in [7, 11) is 0. The van der Waals surface area contributed by atoms with Crippen molar-refractivity contribution in [3.8, 4) is 6.07 Å². The quantitative estimate of drug-likeness (QED) is 0.666. The Kier molecular flexibility index (Phi) is 8.42. The molecule has 3 heteroatoms. The monoisotopic (exact) mass is 292 g/mol. The number of rotatable bonds is 8. The number of carbonyl (C=O) groups excluding carboxylic acids is 1. The Hall–Kier alpha value is -1.04. The molecule has 0 bridgehead atoms. The first kappa shape index (κ1) is 18.0. The lowest BCUT2D eigenvalue weighted by atomic mass is 9.79. The number of hydrogen-bond donors (Lipinski definition) is 0. The molecule has 1 rings (SSSR count). The smallest absolute Gasteiger partial charge is 0.225 e. The molecule has 0 radical (unpaired) electrons. The Morgan fingerprint density at radius 2 is 1.95 bits per heavy atom. The largest absolute Gasteiger partial charge is 0.341 e. The normalized spacial score (nSPS) is 22.0. The zero-order chi connectivity index (χ0) is 15.7. The fraction of sp³-hybridized carbons (Fsp3) is 0.889. The summed E-state index contributed by atoms with van der Waals surface area (Å²) in [4.78, 5) is 14.6. The Bertz CT molecular complexity index is 338. The molecular formula is C18H32N2O. The summed E-state index contributed by atoms with van der Waals surface area (Å²) in [5.41, 5.74) is 0. The topological polar surface area (TPSA) is 44.1 Å². The SMILES string of the molecule is CCCCC1CCC(C(=O)N(CCC#N)CC(C)C)CC1. The third-order valence-corrected chi connectivity index (χ3v) is 4.55. The number of nitrogens with zero attached hydrogens (tertiary/aromatic N) is 2. The molecule has 0 aromatic carbocycles. The highest BCUT2D eigenvalue weighted by Crippen LogP contribution is 2.33. The van der Waals surface area contributed by atoms with Crippen LogP contribution < -0.4 is 0 Å². The first-order valence-corrected chi connectivity index (χ1v) is 8.74. The van der Waals surface area contributed by atoms with Gasteiger partial charge in [0.25, 0.3) is 0 Å². The average molecular weight is 292 g/mol. The van der Waals surface area contributed by atoms with Gasteiger partial charge in [0.15, 0.2) is 0 Å². The Balaban J connectivity index is 2.47. The van der Waals surface area contributed by atoms with Gasteiger partial charge in [-0.05, 0) is 37.5 Å². The van der Waals surface area contributed by atoms with E-state index < -0.39 is 0 Å². The number of unbranched alkanes of at least 4 members (excludes halogenated alkanes) is 1. The van der Waals surface area contributed by atoms with Crippen LogP contribution in [-0.2, 0) is 4.79 Å². The van der Waals surface area contributed by atoms with E-state index in [4.69, 9.17) is 5.26 Å². The maximum Gasteiger partial charge on any atom is 0.225 e. The van der Waals surface area contributed by atoms with Crippen LogP contribution in [0.5, 0.6) is 0 Å². The minimum atomic E-state index is 0.209. The highest BCUT2D eigenvalue weighted by molar-refractivity contribution is 5.79. The lowest BCUT2D eigenvalue weighted by molar-refractivity contribution is -0.137. The van der Waals surface area contributed by atoms with Crippen molar-refractivity contribution in [1.29, 1.82) is 5.26 Å². The average Bonchev–Trinajstić information content (AvgIpc) is 2.49. The van der Waals surface area contributed by atoms with Crippen molar-refractivity contribution >= 4 is 5.91 Å². The van der Waals surface area contributed by atoms with E-state index in [0.717, 1.165) is 25.3 Å². The second-order valence-corrected chi connectivity index (χ2v) is 6.95. The molecule has 21 heavy (non-hydrogen) atoms. The van der Waals surface area contributed by atoms with Gasteiger partial charge in [0.2, 0.25) is 5.91 Å². The van der Waals surface area contributed by atoms with E-state index in [-0.39, 0.29) is 5.92 Å². The van der Waals surface area contributed by atoms with Gasteiger partial charge in [0.05, 0.1) is 12.5 Å². The third kappa shape index (κ3) is 6.50. The number of hydrogen-bond acceptors (Lipinski definition) is 2. The maximum atomic E-state index is 12.7. The molecule has 1 fully saturated rings. The highest BCUT2D eigenvalue weighted by atomic mass is 16.2. The van der Waals surface area contributed by atoms with Crippen molar-refractivity contribution in [2.75, 3.05) is 13.1 Å². The fourth-order valence-corrected chi connectivity index (χ4v) is 3.37.